The van der Waals surface area contributed by atoms with Gasteiger partial charge < -0.3 is 14.6 Å². The van der Waals surface area contributed by atoms with Crippen molar-refractivity contribution >= 4 is 16.9 Å². The van der Waals surface area contributed by atoms with Crippen LogP contribution in [0, 0.1) is 6.92 Å². The summed E-state index contributed by atoms with van der Waals surface area (Å²) in [7, 11) is 1.87. The molecule has 2 aliphatic heterocycles. The lowest BCUT2D eigenvalue weighted by Gasteiger charge is -2.25. The molecule has 2 bridgehead atoms. The van der Waals surface area contributed by atoms with Crippen molar-refractivity contribution in [2.24, 2.45) is 0 Å². The number of carbonyl (C=O) groups is 1. The van der Waals surface area contributed by atoms with E-state index in [0.717, 1.165) is 58.4 Å². The summed E-state index contributed by atoms with van der Waals surface area (Å²) in [5, 5.41) is 10.1. The standard InChI is InChI=1S/C30H28F2N4O2/c1-15-11-18(14-33-26(15)27(37)30(2,31)32)17-9-10-21-22(12-17)36-23-13-24(28(36)34-21)35(3)29(38)20-6-4-5-19(25(20)23)16-7-8-16/h4-6,9-12,14,16,23-24,27,37H,7-8,13H2,1-3H3. The predicted molar refractivity (Wildman–Crippen MR) is 139 cm³/mol. The highest BCUT2D eigenvalue weighted by atomic mass is 19.3. The molecule has 3 unspecified atom stereocenters. The van der Waals surface area contributed by atoms with Crippen molar-refractivity contribution < 1.29 is 18.7 Å². The van der Waals surface area contributed by atoms with Crippen LogP contribution < -0.4 is 0 Å². The van der Waals surface area contributed by atoms with E-state index in [4.69, 9.17) is 4.98 Å². The van der Waals surface area contributed by atoms with Crippen molar-refractivity contribution in [2.45, 2.75) is 63.1 Å². The Balaban J connectivity index is 1.37. The zero-order valence-corrected chi connectivity index (χ0v) is 21.4. The van der Waals surface area contributed by atoms with E-state index >= 15 is 0 Å². The Labute approximate surface area is 218 Å². The van der Waals surface area contributed by atoms with E-state index in [0.29, 0.717) is 18.4 Å². The molecule has 4 aromatic rings. The number of imidazole rings is 1. The quantitative estimate of drug-likeness (QED) is 0.358. The molecule has 3 aliphatic rings. The summed E-state index contributed by atoms with van der Waals surface area (Å²) >= 11 is 0. The van der Waals surface area contributed by atoms with Crippen molar-refractivity contribution in [1.29, 1.82) is 0 Å². The number of nitrogens with zero attached hydrogens (tertiary/aromatic N) is 4. The molecule has 6 nitrogen and oxygen atoms in total. The smallest absolute Gasteiger partial charge is 0.276 e. The van der Waals surface area contributed by atoms with E-state index in [9.17, 15) is 18.7 Å². The summed E-state index contributed by atoms with van der Waals surface area (Å²) in [6, 6.07) is 13.8. The monoisotopic (exact) mass is 514 g/mol. The van der Waals surface area contributed by atoms with E-state index in [1.165, 1.54) is 11.8 Å². The summed E-state index contributed by atoms with van der Waals surface area (Å²) in [5.41, 5.74) is 7.19. The first kappa shape index (κ1) is 23.5. The highest BCUT2D eigenvalue weighted by Gasteiger charge is 2.45. The van der Waals surface area contributed by atoms with E-state index in [-0.39, 0.29) is 23.7 Å². The van der Waals surface area contributed by atoms with Gasteiger partial charge in [0.1, 0.15) is 5.82 Å². The minimum atomic E-state index is -3.28. The number of hydrogen-bond donors (Lipinski definition) is 1. The van der Waals surface area contributed by atoms with Gasteiger partial charge in [0.2, 0.25) is 0 Å². The maximum absolute atomic E-state index is 13.7. The SMILES string of the molecule is Cc1cc(-c2ccc3nc4n(c3c2)C2CC4N(C)C(=O)c3cccc(C4CC4)c32)cnc1C(O)C(C)(F)F. The second-order valence-electron chi connectivity index (χ2n) is 11.1. The van der Waals surface area contributed by atoms with Crippen LogP contribution in [0.3, 0.4) is 0 Å². The molecule has 7 rings (SSSR count). The van der Waals surface area contributed by atoms with Gasteiger partial charge in [-0.05, 0) is 72.2 Å². The molecule has 1 N–H and O–H groups in total. The molecule has 2 aromatic carbocycles. The Hall–Kier alpha value is -3.65. The first-order chi connectivity index (χ1) is 18.1. The molecule has 3 atom stereocenters. The average molecular weight is 515 g/mol. The van der Waals surface area contributed by atoms with Gasteiger partial charge in [-0.1, -0.05) is 18.2 Å². The highest BCUT2D eigenvalue weighted by molar-refractivity contribution is 5.97. The molecular formula is C30H28F2N4O2. The fourth-order valence-corrected chi connectivity index (χ4v) is 6.35. The number of hydrogen-bond acceptors (Lipinski definition) is 4. The van der Waals surface area contributed by atoms with Gasteiger partial charge >= 0.3 is 0 Å². The van der Waals surface area contributed by atoms with Gasteiger partial charge in [0, 0.05) is 37.7 Å². The minimum absolute atomic E-state index is 0.0140. The van der Waals surface area contributed by atoms with Gasteiger partial charge in [0.05, 0.1) is 28.8 Å². The zero-order chi connectivity index (χ0) is 26.5. The van der Waals surface area contributed by atoms with Gasteiger partial charge in [-0.25, -0.2) is 13.8 Å². The van der Waals surface area contributed by atoms with Crippen LogP contribution in [0.2, 0.25) is 0 Å². The molecule has 2 aromatic heterocycles. The maximum atomic E-state index is 13.7. The van der Waals surface area contributed by atoms with Crippen LogP contribution in [0.15, 0.2) is 48.7 Å². The molecule has 8 heteroatoms. The lowest BCUT2D eigenvalue weighted by Crippen LogP contribution is -2.30. The fraction of sp³-hybridized carbons (Fsp3) is 0.367. The number of aryl methyl sites for hydroxylation is 1. The largest absolute Gasteiger partial charge is 0.380 e. The number of fused-ring (bicyclic) bond motifs is 9. The number of aromatic nitrogens is 3. The first-order valence-electron chi connectivity index (χ1n) is 13.1. The van der Waals surface area contributed by atoms with Gasteiger partial charge in [-0.15, -0.1) is 0 Å². The topological polar surface area (TPSA) is 71.2 Å². The normalized spacial score (nSPS) is 21.4. The molecule has 0 saturated heterocycles. The van der Waals surface area contributed by atoms with E-state index in [1.54, 1.807) is 13.0 Å². The summed E-state index contributed by atoms with van der Waals surface area (Å²) in [5.74, 6) is -1.83. The van der Waals surface area contributed by atoms with E-state index in [1.807, 2.05) is 36.2 Å². The van der Waals surface area contributed by atoms with E-state index < -0.39 is 12.0 Å². The summed E-state index contributed by atoms with van der Waals surface area (Å²) in [4.78, 5) is 24.5. The Bertz CT molecular complexity index is 1640. The average Bonchev–Trinajstić information content (AvgIpc) is 3.60. The summed E-state index contributed by atoms with van der Waals surface area (Å²) in [6.45, 7) is 2.38. The number of rotatable bonds is 4. The molecule has 1 saturated carbocycles. The van der Waals surface area contributed by atoms with Crippen molar-refractivity contribution in [3.05, 3.63) is 82.4 Å². The van der Waals surface area contributed by atoms with E-state index in [2.05, 4.69) is 21.7 Å². The molecule has 194 valence electrons. The third-order valence-corrected chi connectivity index (χ3v) is 8.47. The Morgan fingerprint density at radius 3 is 2.61 bits per heavy atom. The molecule has 1 amide bonds. The number of pyridine rings is 1. The van der Waals surface area contributed by atoms with Crippen LogP contribution in [-0.4, -0.2) is 43.4 Å². The van der Waals surface area contributed by atoms with Gasteiger partial charge in [-0.2, -0.15) is 0 Å². The van der Waals surface area contributed by atoms with Crippen LogP contribution >= 0.6 is 0 Å². The fourth-order valence-electron chi connectivity index (χ4n) is 6.35. The molecule has 0 radical (unpaired) electrons. The Morgan fingerprint density at radius 1 is 1.11 bits per heavy atom. The second kappa shape index (κ2) is 7.93. The van der Waals surface area contributed by atoms with Crippen molar-refractivity contribution in [3.63, 3.8) is 0 Å². The molecule has 0 spiro atoms. The number of aliphatic hydroxyl groups excluding tert-OH is 1. The van der Waals surface area contributed by atoms with Crippen LogP contribution in [0.5, 0.6) is 0 Å². The predicted octanol–water partition coefficient (Wildman–Crippen LogP) is 6.09. The zero-order valence-electron chi connectivity index (χ0n) is 21.4. The van der Waals surface area contributed by atoms with Crippen molar-refractivity contribution in [1.82, 2.24) is 19.4 Å². The third kappa shape index (κ3) is 3.35. The Kier molecular flexibility index (Phi) is 4.90. The van der Waals surface area contributed by atoms with Crippen LogP contribution in [0.1, 0.15) is 88.9 Å². The Morgan fingerprint density at radius 2 is 1.89 bits per heavy atom. The molecule has 1 aliphatic carbocycles. The summed E-state index contributed by atoms with van der Waals surface area (Å²) in [6.07, 6.45) is 2.68. The van der Waals surface area contributed by atoms with Gasteiger partial charge in [-0.3, -0.25) is 9.78 Å². The van der Waals surface area contributed by atoms with Crippen LogP contribution in [0.25, 0.3) is 22.2 Å². The highest BCUT2D eigenvalue weighted by Crippen LogP contribution is 2.52. The van der Waals surface area contributed by atoms with Crippen molar-refractivity contribution in [3.8, 4) is 11.1 Å². The van der Waals surface area contributed by atoms with Gasteiger partial charge in [0.25, 0.3) is 11.8 Å². The second-order valence-corrected chi connectivity index (χ2v) is 11.1. The maximum Gasteiger partial charge on any atom is 0.276 e. The number of carbonyl (C=O) groups excluding carboxylic acids is 1. The minimum Gasteiger partial charge on any atom is -0.380 e. The third-order valence-electron chi connectivity index (χ3n) is 8.47. The molecule has 38 heavy (non-hydrogen) atoms. The summed E-state index contributed by atoms with van der Waals surface area (Å²) < 4.78 is 29.7. The molecule has 4 heterocycles. The number of benzene rings is 2. The lowest BCUT2D eigenvalue weighted by molar-refractivity contribution is -0.0974. The number of alkyl halides is 2. The molecular weight excluding hydrogens is 486 g/mol. The first-order valence-corrected chi connectivity index (χ1v) is 13.1. The van der Waals surface area contributed by atoms with Crippen molar-refractivity contribution in [2.75, 3.05) is 7.05 Å². The van der Waals surface area contributed by atoms with Crippen LogP contribution in [-0.2, 0) is 0 Å². The lowest BCUT2D eigenvalue weighted by atomic mass is 9.91. The number of halogens is 2. The molecule has 1 fully saturated rings. The van der Waals surface area contributed by atoms with Gasteiger partial charge in [0.15, 0.2) is 6.10 Å². The number of aliphatic hydroxyl groups is 1. The number of amides is 1. The van der Waals surface area contributed by atoms with Crippen LogP contribution in [0.4, 0.5) is 8.78 Å².